The fraction of sp³-hybridized carbons (Fsp3) is 0.405. The van der Waals surface area contributed by atoms with Crippen LogP contribution in [0.15, 0.2) is 77.4 Å². The Labute approximate surface area is 301 Å². The van der Waals surface area contributed by atoms with Crippen molar-refractivity contribution in [3.8, 4) is 5.75 Å². The Kier molecular flexibility index (Phi) is 10.3. The maximum absolute atomic E-state index is 15.0. The van der Waals surface area contributed by atoms with Crippen molar-refractivity contribution < 1.29 is 29.3 Å². The minimum atomic E-state index is -2.33. The maximum atomic E-state index is 15.0. The first-order valence-corrected chi connectivity index (χ1v) is 20.8. The zero-order chi connectivity index (χ0) is 35.8. The minimum absolute atomic E-state index is 0.00542. The van der Waals surface area contributed by atoms with Crippen molar-refractivity contribution in [3.63, 3.8) is 0 Å². The number of amides is 2. The molecule has 5 atom stereocenters. The van der Waals surface area contributed by atoms with E-state index in [4.69, 9.17) is 9.47 Å². The molecule has 50 heavy (non-hydrogen) atoms. The van der Waals surface area contributed by atoms with Crippen molar-refractivity contribution in [2.75, 3.05) is 23.9 Å². The van der Waals surface area contributed by atoms with E-state index in [9.17, 15) is 15.0 Å². The molecule has 1 aromatic heterocycles. The molecule has 0 bridgehead atoms. The first kappa shape index (κ1) is 35.9. The molecule has 2 aliphatic rings. The van der Waals surface area contributed by atoms with Gasteiger partial charge in [-0.15, -0.1) is 5.10 Å². The fourth-order valence-corrected chi connectivity index (χ4v) is 12.2. The predicted molar refractivity (Wildman–Crippen MR) is 197 cm³/mol. The van der Waals surface area contributed by atoms with Gasteiger partial charge < -0.3 is 29.9 Å². The summed E-state index contributed by atoms with van der Waals surface area (Å²) in [6.07, 6.45) is 1.55. The monoisotopic (exact) mass is 761 g/mol. The van der Waals surface area contributed by atoms with Gasteiger partial charge in [-0.2, -0.15) is 0 Å². The van der Waals surface area contributed by atoms with E-state index in [1.807, 2.05) is 53.6 Å². The van der Waals surface area contributed by atoms with Gasteiger partial charge in [0.25, 0.3) is 11.8 Å². The molecule has 2 aliphatic heterocycles. The van der Waals surface area contributed by atoms with Crippen LogP contribution in [0.4, 0.5) is 11.4 Å². The van der Waals surface area contributed by atoms with Crippen LogP contribution in [-0.4, -0.2) is 71.0 Å². The second kappa shape index (κ2) is 14.4. The van der Waals surface area contributed by atoms with Gasteiger partial charge in [0.15, 0.2) is 5.60 Å². The molecule has 264 valence electrons. The number of halogens is 1. The number of methoxy groups -OCH3 is 1. The summed E-state index contributed by atoms with van der Waals surface area (Å²) in [6.45, 7) is 9.18. The Morgan fingerprint density at radius 2 is 1.86 bits per heavy atom. The Balaban J connectivity index is 1.36. The van der Waals surface area contributed by atoms with Gasteiger partial charge in [0.2, 0.25) is 0 Å². The van der Waals surface area contributed by atoms with Gasteiger partial charge in [0.1, 0.15) is 11.9 Å². The lowest BCUT2D eigenvalue weighted by molar-refractivity contribution is -0.146. The molecule has 0 aliphatic carbocycles. The Hall–Kier alpha value is -3.88. The van der Waals surface area contributed by atoms with Crippen molar-refractivity contribution in [1.82, 2.24) is 15.0 Å². The maximum Gasteiger partial charge on any atom is 0.264 e. The second-order valence-corrected chi connectivity index (χ2v) is 19.4. The van der Waals surface area contributed by atoms with Crippen LogP contribution in [0.25, 0.3) is 0 Å². The van der Waals surface area contributed by atoms with Gasteiger partial charge in [-0.1, -0.05) is 70.6 Å². The minimum Gasteiger partial charge on any atom is -0.497 e. The van der Waals surface area contributed by atoms with Gasteiger partial charge in [-0.25, -0.2) is 0 Å². The summed E-state index contributed by atoms with van der Waals surface area (Å²) in [7, 11) is -0.666. The zero-order valence-electron chi connectivity index (χ0n) is 29.0. The summed E-state index contributed by atoms with van der Waals surface area (Å²) >= 11 is 3.68. The predicted octanol–water partition coefficient (Wildman–Crippen LogP) is 4.76. The number of aryl methyl sites for hydroxylation is 1. The van der Waals surface area contributed by atoms with Crippen molar-refractivity contribution in [2.24, 2.45) is 5.92 Å². The summed E-state index contributed by atoms with van der Waals surface area (Å²) < 4.78 is 15.4. The summed E-state index contributed by atoms with van der Waals surface area (Å²) in [5.41, 5.74) is 2.69. The van der Waals surface area contributed by atoms with Crippen LogP contribution in [0.3, 0.4) is 0 Å². The average Bonchev–Trinajstić information content (AvgIpc) is 3.74. The molecule has 11 nitrogen and oxygen atoms in total. The summed E-state index contributed by atoms with van der Waals surface area (Å²) in [5, 5.41) is 31.4. The first-order chi connectivity index (χ1) is 23.9. The molecule has 4 aromatic rings. The third-order valence-electron chi connectivity index (χ3n) is 10.3. The van der Waals surface area contributed by atoms with Gasteiger partial charge in [0, 0.05) is 47.4 Å². The van der Waals surface area contributed by atoms with E-state index in [1.54, 1.807) is 23.9 Å². The number of nitrogens with zero attached hydrogens (tertiary/aromatic N) is 4. The van der Waals surface area contributed by atoms with Crippen LogP contribution in [0.1, 0.15) is 37.1 Å². The fourth-order valence-electron chi connectivity index (χ4n) is 7.77. The lowest BCUT2D eigenvalue weighted by Gasteiger charge is -2.37. The van der Waals surface area contributed by atoms with Crippen LogP contribution >= 0.6 is 15.9 Å². The molecule has 3 N–H and O–H groups in total. The first-order valence-electron chi connectivity index (χ1n) is 16.9. The number of rotatable bonds is 12. The number of aromatic nitrogens is 3. The SMILES string of the molecule is COc1ccc([Si](C)(C)[C@H]2[C@H](CCn3cc(CCO)nn3)O[C@@]3(C(=O)N(Cc4ccc(NC(=O)[C@H](C)O)cc4)c4ccc(Br)cc43)[C@@H]2C)cc1. The molecule has 0 unspecified atom stereocenters. The summed E-state index contributed by atoms with van der Waals surface area (Å²) in [6, 6.07) is 21.6. The molecular weight excluding hydrogens is 718 g/mol. The highest BCUT2D eigenvalue weighted by molar-refractivity contribution is 9.10. The third kappa shape index (κ3) is 6.64. The number of aliphatic hydroxyl groups excluding tert-OH is 2. The number of fused-ring (bicyclic) bond motifs is 2. The standard InChI is InChI=1S/C37H44BrN5O6Si/c1-23-34(50(4,5)30-13-11-29(48-3)12-14-30)33(16-18-42-22-28(17-19-44)40-41-42)49-37(23)31-20-26(38)8-15-32(31)43(36(37)47)21-25-6-9-27(10-7-25)39-35(46)24(2)45/h6-15,20,22-24,33-34,44-45H,16-19,21H2,1-5H3,(H,39,46)/t23-,24+,33+,34-,37+/m1/s1. The highest BCUT2D eigenvalue weighted by atomic mass is 79.9. The zero-order valence-corrected chi connectivity index (χ0v) is 31.6. The molecule has 1 spiro atoms. The molecule has 6 rings (SSSR count). The van der Waals surface area contributed by atoms with E-state index in [2.05, 4.69) is 63.7 Å². The molecule has 1 saturated heterocycles. The largest absolute Gasteiger partial charge is 0.497 e. The Morgan fingerprint density at radius 1 is 1.14 bits per heavy atom. The molecular formula is C37H44BrN5O6Si. The Morgan fingerprint density at radius 3 is 2.52 bits per heavy atom. The summed E-state index contributed by atoms with van der Waals surface area (Å²) in [5.74, 6) is 0.0509. The topological polar surface area (TPSA) is 139 Å². The number of hydrogen-bond donors (Lipinski definition) is 3. The number of carbonyl (C=O) groups excluding carboxylic acids is 2. The number of carbonyl (C=O) groups is 2. The molecule has 0 radical (unpaired) electrons. The normalized spacial score (nSPS) is 22.2. The smallest absolute Gasteiger partial charge is 0.264 e. The molecule has 1 fully saturated rings. The lowest BCUT2D eigenvalue weighted by Crippen LogP contribution is -2.51. The van der Waals surface area contributed by atoms with E-state index < -0.39 is 25.7 Å². The van der Waals surface area contributed by atoms with Crippen molar-refractivity contribution in [3.05, 3.63) is 94.2 Å². The quantitative estimate of drug-likeness (QED) is 0.176. The number of benzene rings is 3. The second-order valence-electron chi connectivity index (χ2n) is 13.8. The lowest BCUT2D eigenvalue weighted by atomic mass is 9.82. The molecule has 3 heterocycles. The van der Waals surface area contributed by atoms with Gasteiger partial charge in [-0.3, -0.25) is 14.3 Å². The van der Waals surface area contributed by atoms with Crippen LogP contribution in [0, 0.1) is 5.92 Å². The average molecular weight is 763 g/mol. The molecule has 0 saturated carbocycles. The van der Waals surface area contributed by atoms with Crippen LogP contribution in [0.5, 0.6) is 5.75 Å². The number of aliphatic hydroxyl groups is 2. The van der Waals surface area contributed by atoms with E-state index in [1.165, 1.54) is 12.1 Å². The highest BCUT2D eigenvalue weighted by Gasteiger charge is 2.66. The van der Waals surface area contributed by atoms with Crippen molar-refractivity contribution in [1.29, 1.82) is 0 Å². The van der Waals surface area contributed by atoms with Crippen molar-refractivity contribution >= 4 is 52.4 Å². The van der Waals surface area contributed by atoms with Crippen LogP contribution < -0.4 is 20.1 Å². The molecule has 13 heteroatoms. The highest BCUT2D eigenvalue weighted by Crippen LogP contribution is 2.60. The number of ether oxygens (including phenoxy) is 2. The number of nitrogens with one attached hydrogen (secondary N) is 1. The van der Waals surface area contributed by atoms with Gasteiger partial charge in [-0.05, 0) is 66.9 Å². The molecule has 3 aromatic carbocycles. The third-order valence-corrected chi connectivity index (χ3v) is 15.2. The number of hydrogen-bond acceptors (Lipinski definition) is 8. The number of anilines is 2. The van der Waals surface area contributed by atoms with Gasteiger partial charge in [0.05, 0.1) is 39.2 Å². The van der Waals surface area contributed by atoms with Crippen molar-refractivity contribution in [2.45, 2.75) is 76.2 Å². The van der Waals surface area contributed by atoms with Crippen LogP contribution in [-0.2, 0) is 39.4 Å². The Bertz CT molecular complexity index is 1850. The van der Waals surface area contributed by atoms with E-state index in [0.29, 0.717) is 31.6 Å². The molecule has 2 amide bonds. The van der Waals surface area contributed by atoms with E-state index >= 15 is 4.79 Å². The summed E-state index contributed by atoms with van der Waals surface area (Å²) in [4.78, 5) is 28.9. The van der Waals surface area contributed by atoms with Crippen LogP contribution in [0.2, 0.25) is 18.6 Å². The van der Waals surface area contributed by atoms with Gasteiger partial charge >= 0.3 is 0 Å². The van der Waals surface area contributed by atoms with E-state index in [0.717, 1.165) is 32.7 Å². The van der Waals surface area contributed by atoms with E-state index in [-0.39, 0.29) is 30.1 Å².